The zero-order valence-electron chi connectivity index (χ0n) is 10.1. The van der Waals surface area contributed by atoms with E-state index in [9.17, 15) is 5.11 Å². The van der Waals surface area contributed by atoms with Crippen molar-refractivity contribution in [2.75, 3.05) is 20.1 Å². The molecule has 0 aromatic carbocycles. The fraction of sp³-hybridized carbons (Fsp3) is 0.667. The van der Waals surface area contributed by atoms with Crippen molar-refractivity contribution >= 4 is 11.3 Å². The lowest BCUT2D eigenvalue weighted by Crippen LogP contribution is -2.37. The van der Waals surface area contributed by atoms with E-state index in [1.807, 2.05) is 25.2 Å². The maximum Gasteiger partial charge on any atom is 0.0718 e. The van der Waals surface area contributed by atoms with Crippen LogP contribution >= 0.6 is 11.3 Å². The molecule has 0 spiro atoms. The van der Waals surface area contributed by atoms with Gasteiger partial charge in [-0.2, -0.15) is 0 Å². The van der Waals surface area contributed by atoms with Crippen LogP contribution in [0.1, 0.15) is 24.3 Å². The van der Waals surface area contributed by atoms with E-state index in [-0.39, 0.29) is 0 Å². The fourth-order valence-electron chi connectivity index (χ4n) is 1.69. The van der Waals surface area contributed by atoms with Crippen molar-refractivity contribution < 1.29 is 5.11 Å². The summed E-state index contributed by atoms with van der Waals surface area (Å²) in [5.74, 6) is 0. The average Bonchev–Trinajstić information content (AvgIpc) is 2.44. The van der Waals surface area contributed by atoms with Gasteiger partial charge >= 0.3 is 0 Å². The highest BCUT2D eigenvalue weighted by Gasteiger charge is 2.15. The number of hydrogen-bond acceptors (Lipinski definition) is 3. The van der Waals surface area contributed by atoms with Gasteiger partial charge in [-0.15, -0.1) is 11.3 Å². The highest BCUT2D eigenvalue weighted by Crippen LogP contribution is 2.16. The molecule has 0 aliphatic rings. The van der Waals surface area contributed by atoms with Crippen LogP contribution in [0.3, 0.4) is 0 Å². The largest absolute Gasteiger partial charge is 0.389 e. The summed E-state index contributed by atoms with van der Waals surface area (Å²) in [5.41, 5.74) is 0.788. The van der Waals surface area contributed by atoms with Gasteiger partial charge in [-0.05, 0) is 51.2 Å². The van der Waals surface area contributed by atoms with Crippen molar-refractivity contribution in [3.63, 3.8) is 0 Å². The Morgan fingerprint density at radius 2 is 2.13 bits per heavy atom. The number of aryl methyl sites for hydroxylation is 1. The molecule has 1 heterocycles. The van der Waals surface area contributed by atoms with Crippen LogP contribution in [0.2, 0.25) is 0 Å². The van der Waals surface area contributed by atoms with Crippen LogP contribution in [-0.4, -0.2) is 35.7 Å². The van der Waals surface area contributed by atoms with E-state index in [2.05, 4.69) is 30.3 Å². The Bertz CT molecular complexity index is 301. The molecule has 0 atom stereocenters. The van der Waals surface area contributed by atoms with Gasteiger partial charge in [0.25, 0.3) is 0 Å². The van der Waals surface area contributed by atoms with E-state index < -0.39 is 5.60 Å². The van der Waals surface area contributed by atoms with E-state index >= 15 is 0 Å². The summed E-state index contributed by atoms with van der Waals surface area (Å²) in [6, 6.07) is 2.16. The lowest BCUT2D eigenvalue weighted by Gasteiger charge is -2.25. The summed E-state index contributed by atoms with van der Waals surface area (Å²) in [5, 5.41) is 11.8. The summed E-state index contributed by atoms with van der Waals surface area (Å²) < 4.78 is 0. The molecule has 0 amide bonds. The smallest absolute Gasteiger partial charge is 0.0718 e. The molecule has 0 unspecified atom stereocenters. The minimum absolute atomic E-state index is 0.598. The number of thiophene rings is 1. The molecular formula is C12H21NOS. The molecule has 1 rings (SSSR count). The second kappa shape index (κ2) is 5.10. The van der Waals surface area contributed by atoms with Crippen LogP contribution in [0.15, 0.2) is 11.4 Å². The van der Waals surface area contributed by atoms with Gasteiger partial charge < -0.3 is 10.0 Å². The second-order valence-corrected chi connectivity index (χ2v) is 5.83. The number of hydrogen-bond donors (Lipinski definition) is 1. The molecule has 0 aliphatic heterocycles. The van der Waals surface area contributed by atoms with Gasteiger partial charge in [-0.1, -0.05) is 0 Å². The molecule has 1 N–H and O–H groups in total. The maximum atomic E-state index is 9.66. The quantitative estimate of drug-likeness (QED) is 0.834. The van der Waals surface area contributed by atoms with E-state index in [1.54, 1.807) is 0 Å². The van der Waals surface area contributed by atoms with Crippen molar-refractivity contribution in [2.24, 2.45) is 0 Å². The fourth-order valence-corrected chi connectivity index (χ4v) is 2.59. The SMILES string of the molecule is Cc1ccsc1CCN(C)CC(C)(C)O. The molecule has 3 heteroatoms. The first kappa shape index (κ1) is 12.7. The lowest BCUT2D eigenvalue weighted by molar-refractivity contribution is 0.0450. The highest BCUT2D eigenvalue weighted by atomic mass is 32.1. The molecule has 1 aromatic heterocycles. The third-order valence-corrected chi connectivity index (χ3v) is 3.43. The first-order chi connectivity index (χ1) is 6.88. The summed E-state index contributed by atoms with van der Waals surface area (Å²) >= 11 is 1.82. The van der Waals surface area contributed by atoms with Crippen molar-refractivity contribution in [1.29, 1.82) is 0 Å². The van der Waals surface area contributed by atoms with Crippen molar-refractivity contribution in [1.82, 2.24) is 4.90 Å². The minimum atomic E-state index is -0.598. The Kier molecular flexibility index (Phi) is 4.32. The standard InChI is InChI=1S/C12H21NOS/c1-10-6-8-15-11(10)5-7-13(4)9-12(2,3)14/h6,8,14H,5,7,9H2,1-4H3. The van der Waals surface area contributed by atoms with Gasteiger partial charge in [0, 0.05) is 18.0 Å². The average molecular weight is 227 g/mol. The Balaban J connectivity index is 2.35. The summed E-state index contributed by atoms with van der Waals surface area (Å²) in [7, 11) is 2.06. The number of nitrogens with zero attached hydrogens (tertiary/aromatic N) is 1. The molecule has 2 nitrogen and oxygen atoms in total. The molecule has 0 radical (unpaired) electrons. The van der Waals surface area contributed by atoms with Gasteiger partial charge in [0.1, 0.15) is 0 Å². The first-order valence-electron chi connectivity index (χ1n) is 5.32. The third kappa shape index (κ3) is 4.78. The van der Waals surface area contributed by atoms with Gasteiger partial charge in [0.2, 0.25) is 0 Å². The molecule has 0 saturated heterocycles. The Hall–Kier alpha value is -0.380. The zero-order chi connectivity index (χ0) is 11.5. The lowest BCUT2D eigenvalue weighted by atomic mass is 10.1. The predicted octanol–water partition coefficient (Wildman–Crippen LogP) is 2.30. The minimum Gasteiger partial charge on any atom is -0.389 e. The van der Waals surface area contributed by atoms with Gasteiger partial charge in [0.05, 0.1) is 5.60 Å². The van der Waals surface area contributed by atoms with Crippen molar-refractivity contribution in [3.05, 3.63) is 21.9 Å². The number of aliphatic hydroxyl groups is 1. The Morgan fingerprint density at radius 3 is 2.60 bits per heavy atom. The van der Waals surface area contributed by atoms with Crippen LogP contribution in [0.4, 0.5) is 0 Å². The maximum absolute atomic E-state index is 9.66. The summed E-state index contributed by atoms with van der Waals surface area (Å²) in [6.45, 7) is 7.57. The molecule has 86 valence electrons. The molecule has 0 saturated carbocycles. The normalized spacial score (nSPS) is 12.4. The Labute approximate surface area is 96.5 Å². The predicted molar refractivity (Wildman–Crippen MR) is 66.6 cm³/mol. The molecule has 0 fully saturated rings. The molecule has 15 heavy (non-hydrogen) atoms. The van der Waals surface area contributed by atoms with Gasteiger partial charge in [-0.25, -0.2) is 0 Å². The van der Waals surface area contributed by atoms with Crippen LogP contribution in [0, 0.1) is 6.92 Å². The van der Waals surface area contributed by atoms with Crippen LogP contribution in [0.25, 0.3) is 0 Å². The van der Waals surface area contributed by atoms with Crippen LogP contribution in [-0.2, 0) is 6.42 Å². The van der Waals surface area contributed by atoms with E-state index in [4.69, 9.17) is 0 Å². The molecule has 0 bridgehead atoms. The highest BCUT2D eigenvalue weighted by molar-refractivity contribution is 7.10. The molecular weight excluding hydrogens is 206 g/mol. The summed E-state index contributed by atoms with van der Waals surface area (Å²) in [4.78, 5) is 3.64. The van der Waals surface area contributed by atoms with E-state index in [1.165, 1.54) is 10.4 Å². The third-order valence-electron chi connectivity index (χ3n) is 2.35. The first-order valence-corrected chi connectivity index (χ1v) is 6.20. The monoisotopic (exact) mass is 227 g/mol. The zero-order valence-corrected chi connectivity index (χ0v) is 10.9. The molecule has 1 aromatic rings. The molecule has 0 aliphatic carbocycles. The van der Waals surface area contributed by atoms with Gasteiger partial charge in [0.15, 0.2) is 0 Å². The Morgan fingerprint density at radius 1 is 1.47 bits per heavy atom. The number of likely N-dealkylation sites (N-methyl/N-ethyl adjacent to an activating group) is 1. The van der Waals surface area contributed by atoms with Crippen molar-refractivity contribution in [2.45, 2.75) is 32.8 Å². The van der Waals surface area contributed by atoms with Gasteiger partial charge in [-0.3, -0.25) is 0 Å². The van der Waals surface area contributed by atoms with E-state index in [0.29, 0.717) is 0 Å². The number of rotatable bonds is 5. The van der Waals surface area contributed by atoms with E-state index in [0.717, 1.165) is 19.5 Å². The van der Waals surface area contributed by atoms with Crippen LogP contribution < -0.4 is 0 Å². The van der Waals surface area contributed by atoms with Crippen LogP contribution in [0.5, 0.6) is 0 Å². The van der Waals surface area contributed by atoms with Crippen molar-refractivity contribution in [3.8, 4) is 0 Å². The second-order valence-electron chi connectivity index (χ2n) is 4.83. The topological polar surface area (TPSA) is 23.5 Å². The summed E-state index contributed by atoms with van der Waals surface area (Å²) in [6.07, 6.45) is 1.08.